The number of carboxylic acid groups (broad SMARTS) is 1. The number of phenolic OH excluding ortho intramolecular Hbond substituents is 7. The van der Waals surface area contributed by atoms with Crippen LogP contribution in [0.3, 0.4) is 0 Å². The number of carbonyl (C=O) groups is 1. The summed E-state index contributed by atoms with van der Waals surface area (Å²) in [5.74, 6) is -19.7. The van der Waals surface area contributed by atoms with E-state index in [1.54, 1.807) is 0 Å². The van der Waals surface area contributed by atoms with Crippen molar-refractivity contribution in [3.63, 3.8) is 0 Å². The molecule has 15 nitrogen and oxygen atoms in total. The van der Waals surface area contributed by atoms with Crippen LogP contribution in [-0.2, 0) is 17.2 Å². The van der Waals surface area contributed by atoms with Crippen LogP contribution in [-0.4, -0.2) is 92.2 Å². The molecular weight excluding hydrogens is 490 g/mol. The van der Waals surface area contributed by atoms with Crippen molar-refractivity contribution in [1.82, 2.24) is 4.90 Å². The second kappa shape index (κ2) is 8.65. The minimum Gasteiger partial charge on any atom is -0.507 e. The van der Waals surface area contributed by atoms with Crippen LogP contribution >= 0.6 is 0 Å². The van der Waals surface area contributed by atoms with Crippen molar-refractivity contribution < 1.29 is 70.8 Å². The lowest BCUT2D eigenvalue weighted by Gasteiger charge is -2.31. The van der Waals surface area contributed by atoms with E-state index in [9.17, 15) is 66.1 Å². The van der Waals surface area contributed by atoms with E-state index >= 15 is 0 Å². The van der Waals surface area contributed by atoms with Gasteiger partial charge >= 0.3 is 5.97 Å². The van der Waals surface area contributed by atoms with Gasteiger partial charge in [0.15, 0.2) is 23.0 Å². The quantitative estimate of drug-likeness (QED) is 0.123. The van der Waals surface area contributed by atoms with Gasteiger partial charge in [0.2, 0.25) is 23.2 Å². The number of aliphatic hydroxyl groups is 4. The molecule has 0 radical (unpaired) electrons. The van der Waals surface area contributed by atoms with Gasteiger partial charge in [-0.3, -0.25) is 4.90 Å². The highest BCUT2D eigenvalue weighted by Crippen LogP contribution is 2.60. The summed E-state index contributed by atoms with van der Waals surface area (Å²) < 4.78 is 5.36. The number of rotatable bonds is 6. The van der Waals surface area contributed by atoms with Crippen molar-refractivity contribution in [3.05, 3.63) is 22.3 Å². The van der Waals surface area contributed by atoms with Crippen molar-refractivity contribution >= 4 is 5.97 Å². The molecule has 0 saturated heterocycles. The second-order valence-corrected chi connectivity index (χ2v) is 8.48. The molecule has 198 valence electrons. The molecule has 3 rings (SSSR count). The van der Waals surface area contributed by atoms with Crippen molar-refractivity contribution in [2.75, 3.05) is 14.1 Å². The van der Waals surface area contributed by atoms with E-state index in [1.165, 1.54) is 14.1 Å². The van der Waals surface area contributed by atoms with Crippen LogP contribution in [0.4, 0.5) is 0 Å². The highest BCUT2D eigenvalue weighted by Gasteiger charge is 2.47. The lowest BCUT2D eigenvalue weighted by Crippen LogP contribution is -2.44. The summed E-state index contributed by atoms with van der Waals surface area (Å²) in [4.78, 5) is 12.4. The molecule has 1 heterocycles. The third-order valence-corrected chi connectivity index (χ3v) is 6.14. The normalized spacial score (nSPS) is 15.7. The summed E-state index contributed by atoms with van der Waals surface area (Å²) in [6.07, 6.45) is -1.11. The van der Waals surface area contributed by atoms with Crippen molar-refractivity contribution in [1.29, 1.82) is 0 Å². The Labute approximate surface area is 201 Å². The zero-order valence-corrected chi connectivity index (χ0v) is 18.8. The predicted octanol–water partition coefficient (Wildman–Crippen LogP) is -1.15. The Hall–Kier alpha value is -3.89. The van der Waals surface area contributed by atoms with Gasteiger partial charge in [0.25, 0.3) is 5.79 Å². The Bertz CT molecular complexity index is 1240. The van der Waals surface area contributed by atoms with E-state index in [1.807, 2.05) is 0 Å². The Morgan fingerprint density at radius 1 is 0.833 bits per heavy atom. The minimum atomic E-state index is -3.96. The second-order valence-electron chi connectivity index (χ2n) is 8.48. The molecule has 12 N–H and O–H groups in total. The molecule has 0 bridgehead atoms. The van der Waals surface area contributed by atoms with Crippen LogP contribution in [0.2, 0.25) is 0 Å². The number of aliphatic carboxylic acids is 1. The Balaban J connectivity index is 2.44. The standard InChI is InChI=1S/C21H25NO14/c1-22(2)20(32,33)4-3-6-8-7(11(23)15(27)16(28)13(8)25)5-36-18-9(6)12(24)10(14(26)17(18)29)21(34,35)19(30)31/h6,23-29,32-35H,3-5H2,1-2H3,(H,30,31). The minimum absolute atomic E-state index is 0.396. The monoisotopic (exact) mass is 515 g/mol. The maximum atomic E-state index is 11.4. The van der Waals surface area contributed by atoms with Crippen LogP contribution in [0, 0.1) is 0 Å². The van der Waals surface area contributed by atoms with Gasteiger partial charge in [0, 0.05) is 29.0 Å². The Morgan fingerprint density at radius 3 is 1.92 bits per heavy atom. The average molecular weight is 515 g/mol. The summed E-state index contributed by atoms with van der Waals surface area (Å²) in [5, 5.41) is 123. The predicted molar refractivity (Wildman–Crippen MR) is 115 cm³/mol. The molecular formula is C21H25NO14. The smallest absolute Gasteiger partial charge is 0.369 e. The lowest BCUT2D eigenvalue weighted by atomic mass is 9.81. The number of ether oxygens (including phenoxy) is 1. The summed E-state index contributed by atoms with van der Waals surface area (Å²) in [6, 6.07) is 0. The van der Waals surface area contributed by atoms with Gasteiger partial charge < -0.3 is 66.0 Å². The molecule has 2 aromatic carbocycles. The summed E-state index contributed by atoms with van der Waals surface area (Å²) >= 11 is 0. The first-order valence-corrected chi connectivity index (χ1v) is 10.2. The number of carboxylic acids is 1. The fourth-order valence-corrected chi connectivity index (χ4v) is 4.04. The first-order chi connectivity index (χ1) is 16.5. The largest absolute Gasteiger partial charge is 0.507 e. The number of benzene rings is 2. The number of aromatic hydroxyl groups is 7. The van der Waals surface area contributed by atoms with E-state index in [0.29, 0.717) is 0 Å². The first-order valence-electron chi connectivity index (χ1n) is 10.2. The fraction of sp³-hybridized carbons (Fsp3) is 0.381. The molecule has 36 heavy (non-hydrogen) atoms. The number of nitrogens with zero attached hydrogens (tertiary/aromatic N) is 1. The van der Waals surface area contributed by atoms with Crippen molar-refractivity contribution in [2.24, 2.45) is 0 Å². The van der Waals surface area contributed by atoms with Gasteiger partial charge in [0.05, 0.1) is 0 Å². The SMILES string of the molecule is CN(C)C(O)(O)CCC1c2c(O)c(O)c(O)c(O)c2COc2c(O)c(O)c(C(O)(O)C(=O)O)c(O)c21. The van der Waals surface area contributed by atoms with E-state index in [0.717, 1.165) is 4.90 Å². The highest BCUT2D eigenvalue weighted by atomic mass is 16.5. The number of hydrogen-bond donors (Lipinski definition) is 12. The Morgan fingerprint density at radius 2 is 1.39 bits per heavy atom. The van der Waals surface area contributed by atoms with E-state index in [2.05, 4.69) is 0 Å². The highest BCUT2D eigenvalue weighted by molar-refractivity contribution is 5.83. The van der Waals surface area contributed by atoms with Crippen LogP contribution < -0.4 is 4.74 Å². The third kappa shape index (κ3) is 3.88. The molecule has 1 unspecified atom stereocenters. The maximum absolute atomic E-state index is 11.4. The molecule has 0 spiro atoms. The molecule has 1 atom stereocenters. The van der Waals surface area contributed by atoms with E-state index in [4.69, 9.17) is 4.74 Å². The summed E-state index contributed by atoms with van der Waals surface area (Å²) in [6.45, 7) is -0.767. The van der Waals surface area contributed by atoms with E-state index in [-0.39, 0.29) is 0 Å². The van der Waals surface area contributed by atoms with Crippen molar-refractivity contribution in [3.8, 4) is 46.0 Å². The molecule has 0 aromatic heterocycles. The molecule has 1 aliphatic heterocycles. The van der Waals surface area contributed by atoms with E-state index < -0.39 is 111 Å². The fourth-order valence-electron chi connectivity index (χ4n) is 4.04. The molecule has 0 aliphatic carbocycles. The Kier molecular flexibility index (Phi) is 6.42. The van der Waals surface area contributed by atoms with Crippen LogP contribution in [0.1, 0.15) is 41.0 Å². The van der Waals surface area contributed by atoms with Crippen LogP contribution in [0.5, 0.6) is 46.0 Å². The maximum Gasteiger partial charge on any atom is 0.369 e. The number of phenols is 7. The summed E-state index contributed by atoms with van der Waals surface area (Å²) in [7, 11) is 2.59. The molecule has 0 amide bonds. The molecule has 0 saturated carbocycles. The van der Waals surface area contributed by atoms with Gasteiger partial charge in [-0.1, -0.05) is 0 Å². The average Bonchev–Trinajstić information content (AvgIpc) is 2.96. The summed E-state index contributed by atoms with van der Waals surface area (Å²) in [5.41, 5.74) is -3.02. The molecule has 0 fully saturated rings. The first kappa shape index (κ1) is 26.7. The lowest BCUT2D eigenvalue weighted by molar-refractivity contribution is -0.253. The number of hydrogen-bond acceptors (Lipinski definition) is 14. The molecule has 1 aliphatic rings. The van der Waals surface area contributed by atoms with Crippen LogP contribution in [0.25, 0.3) is 0 Å². The van der Waals surface area contributed by atoms with Gasteiger partial charge in [-0.25, -0.2) is 4.79 Å². The van der Waals surface area contributed by atoms with Crippen molar-refractivity contribution in [2.45, 2.75) is 37.1 Å². The zero-order valence-electron chi connectivity index (χ0n) is 18.8. The third-order valence-electron chi connectivity index (χ3n) is 6.14. The number of fused-ring (bicyclic) bond motifs is 2. The molecule has 15 heteroatoms. The van der Waals surface area contributed by atoms with Gasteiger partial charge in [-0.2, -0.15) is 0 Å². The van der Waals surface area contributed by atoms with Gasteiger partial charge in [-0.15, -0.1) is 0 Å². The topological polar surface area (TPSA) is 272 Å². The van der Waals surface area contributed by atoms with Gasteiger partial charge in [0.1, 0.15) is 17.9 Å². The molecule has 2 aromatic rings. The van der Waals surface area contributed by atoms with Crippen LogP contribution in [0.15, 0.2) is 0 Å². The zero-order chi connectivity index (χ0) is 27.5. The van der Waals surface area contributed by atoms with Gasteiger partial charge in [-0.05, 0) is 20.5 Å².